The fourth-order valence-corrected chi connectivity index (χ4v) is 5.14. The molecule has 15 nitrogen and oxygen atoms in total. The number of aliphatic hydroxyl groups is 5. The second kappa shape index (κ2) is 14.0. The first-order valence-electron chi connectivity index (χ1n) is 13.2. The molecule has 2 saturated heterocycles. The summed E-state index contributed by atoms with van der Waals surface area (Å²) in [6, 6.07) is -3.45. The second-order valence-corrected chi connectivity index (χ2v) is 10.4. The minimum absolute atomic E-state index is 0.0557. The standard InChI is InChI=1S/C23H45N5O10/c1-2-3-13(30)21(34)28-12-6-11(26)19(37-22-10(25)5-4-9(7-24)35-22)18(33)20(12)38-23-17(32)15(27)16(31)14(8-29)36-23/h9-20,22-23,29-33H,2-8,24-27H2,1H3,(H,28,34)/t9?,10?,11-,12-,13+,14?,15-,16?,17?,18?,19-,20?,22-,23-/m1/s1. The van der Waals surface area contributed by atoms with Crippen molar-refractivity contribution in [1.82, 2.24) is 5.32 Å². The van der Waals surface area contributed by atoms with Crippen LogP contribution in [0.4, 0.5) is 0 Å². The molecule has 7 unspecified atom stereocenters. The van der Waals surface area contributed by atoms with Gasteiger partial charge in [-0.2, -0.15) is 0 Å². The lowest BCUT2D eigenvalue weighted by atomic mass is 9.83. The summed E-state index contributed by atoms with van der Waals surface area (Å²) in [5, 5.41) is 54.5. The van der Waals surface area contributed by atoms with Crippen LogP contribution in [0.1, 0.15) is 39.0 Å². The minimum atomic E-state index is -1.53. The van der Waals surface area contributed by atoms with Crippen molar-refractivity contribution in [3.8, 4) is 0 Å². The number of amides is 1. The van der Waals surface area contributed by atoms with Crippen molar-refractivity contribution in [3.63, 3.8) is 0 Å². The third kappa shape index (κ3) is 7.17. The zero-order valence-electron chi connectivity index (χ0n) is 21.6. The van der Waals surface area contributed by atoms with Crippen LogP contribution in [0.3, 0.4) is 0 Å². The number of hydrogen-bond acceptors (Lipinski definition) is 14. The minimum Gasteiger partial charge on any atom is -0.394 e. The van der Waals surface area contributed by atoms with Gasteiger partial charge in [-0.1, -0.05) is 13.3 Å². The molecule has 15 heteroatoms. The zero-order valence-corrected chi connectivity index (χ0v) is 21.6. The Morgan fingerprint density at radius 2 is 1.68 bits per heavy atom. The molecule has 0 bridgehead atoms. The first-order valence-corrected chi connectivity index (χ1v) is 13.2. The third-order valence-electron chi connectivity index (χ3n) is 7.49. The molecule has 14 N–H and O–H groups in total. The number of hydrogen-bond donors (Lipinski definition) is 10. The van der Waals surface area contributed by atoms with Gasteiger partial charge in [0.15, 0.2) is 12.6 Å². The zero-order chi connectivity index (χ0) is 28.1. The quantitative estimate of drug-likeness (QED) is 0.122. The number of nitrogens with one attached hydrogen (secondary N) is 1. The SMILES string of the molecule is CCC[C@H](O)C(=O)N[C@@H]1C[C@@H](N)[C@@H](O[C@H]2OC(CN)CCC2N)C(O)C1O[C@H]1OC(CO)C(O)[C@@H](N)C1O. The van der Waals surface area contributed by atoms with Gasteiger partial charge in [-0.15, -0.1) is 0 Å². The fraction of sp³-hybridized carbons (Fsp3) is 0.957. The molecule has 3 fully saturated rings. The highest BCUT2D eigenvalue weighted by Gasteiger charge is 2.51. The van der Waals surface area contributed by atoms with Crippen molar-refractivity contribution in [2.45, 2.75) is 125 Å². The summed E-state index contributed by atoms with van der Waals surface area (Å²) in [6.07, 6.45) is -9.71. The summed E-state index contributed by atoms with van der Waals surface area (Å²) in [7, 11) is 0. The van der Waals surface area contributed by atoms with Crippen molar-refractivity contribution < 1.29 is 49.3 Å². The molecule has 1 saturated carbocycles. The molecule has 38 heavy (non-hydrogen) atoms. The summed E-state index contributed by atoms with van der Waals surface area (Å²) < 4.78 is 23.3. The van der Waals surface area contributed by atoms with Crippen LogP contribution in [-0.4, -0.2) is 130 Å². The Kier molecular flexibility index (Phi) is 11.6. The molecule has 2 aliphatic heterocycles. The van der Waals surface area contributed by atoms with E-state index in [1.165, 1.54) is 0 Å². The molecule has 0 aromatic carbocycles. The summed E-state index contributed by atoms with van der Waals surface area (Å²) >= 11 is 0. The summed E-state index contributed by atoms with van der Waals surface area (Å²) in [6.45, 7) is 1.48. The molecule has 0 aromatic rings. The van der Waals surface area contributed by atoms with E-state index in [1.54, 1.807) is 0 Å². The number of rotatable bonds is 10. The molecule has 14 atom stereocenters. The number of carbonyl (C=O) groups is 1. The van der Waals surface area contributed by atoms with E-state index in [1.807, 2.05) is 6.92 Å². The highest BCUT2D eigenvalue weighted by atomic mass is 16.7. The molecule has 3 aliphatic rings. The van der Waals surface area contributed by atoms with Crippen LogP contribution >= 0.6 is 0 Å². The van der Waals surface area contributed by atoms with Gasteiger partial charge < -0.3 is 72.7 Å². The van der Waals surface area contributed by atoms with E-state index in [4.69, 9.17) is 41.9 Å². The average Bonchev–Trinajstić information content (AvgIpc) is 2.89. The Hall–Kier alpha value is -1.05. The summed E-state index contributed by atoms with van der Waals surface area (Å²) in [5.74, 6) is -0.682. The largest absolute Gasteiger partial charge is 0.394 e. The van der Waals surface area contributed by atoms with Gasteiger partial charge in [0.25, 0.3) is 0 Å². The molecular formula is C23H45N5O10. The van der Waals surface area contributed by atoms with Gasteiger partial charge in [0.05, 0.1) is 30.8 Å². The van der Waals surface area contributed by atoms with Gasteiger partial charge in [0.1, 0.15) is 42.7 Å². The Bertz CT molecular complexity index is 753. The van der Waals surface area contributed by atoms with Gasteiger partial charge in [0.2, 0.25) is 5.91 Å². The van der Waals surface area contributed by atoms with Crippen LogP contribution in [0.15, 0.2) is 0 Å². The van der Waals surface area contributed by atoms with Crippen LogP contribution < -0.4 is 28.3 Å². The van der Waals surface area contributed by atoms with E-state index in [0.29, 0.717) is 19.3 Å². The molecule has 0 aromatic heterocycles. The summed E-state index contributed by atoms with van der Waals surface area (Å²) in [5.41, 5.74) is 24.2. The lowest BCUT2D eigenvalue weighted by Crippen LogP contribution is -2.69. The van der Waals surface area contributed by atoms with E-state index < -0.39 is 92.0 Å². The molecule has 1 amide bonds. The lowest BCUT2D eigenvalue weighted by Gasteiger charge is -2.48. The highest BCUT2D eigenvalue weighted by molar-refractivity contribution is 5.80. The van der Waals surface area contributed by atoms with Gasteiger partial charge in [0, 0.05) is 12.6 Å². The first kappa shape index (κ1) is 31.5. The molecular weight excluding hydrogens is 506 g/mol. The van der Waals surface area contributed by atoms with E-state index in [2.05, 4.69) is 5.32 Å². The lowest BCUT2D eigenvalue weighted by molar-refractivity contribution is -0.314. The molecule has 0 radical (unpaired) electrons. The predicted molar refractivity (Wildman–Crippen MR) is 132 cm³/mol. The number of ether oxygens (including phenoxy) is 4. The van der Waals surface area contributed by atoms with Crippen LogP contribution in [-0.2, 0) is 23.7 Å². The Labute approximate surface area is 221 Å². The van der Waals surface area contributed by atoms with Crippen molar-refractivity contribution >= 4 is 5.91 Å². The van der Waals surface area contributed by atoms with Gasteiger partial charge in [-0.3, -0.25) is 4.79 Å². The number of aliphatic hydroxyl groups excluding tert-OH is 5. The number of nitrogens with two attached hydrogens (primary N) is 4. The molecule has 222 valence electrons. The Morgan fingerprint density at radius 3 is 2.32 bits per heavy atom. The van der Waals surface area contributed by atoms with Crippen LogP contribution in [0.25, 0.3) is 0 Å². The smallest absolute Gasteiger partial charge is 0.249 e. The van der Waals surface area contributed by atoms with Crippen molar-refractivity contribution in [2.75, 3.05) is 13.2 Å². The van der Waals surface area contributed by atoms with Gasteiger partial charge in [-0.25, -0.2) is 0 Å². The van der Waals surface area contributed by atoms with E-state index in [9.17, 15) is 30.3 Å². The van der Waals surface area contributed by atoms with E-state index in [0.717, 1.165) is 0 Å². The predicted octanol–water partition coefficient (Wildman–Crippen LogP) is -4.95. The maximum Gasteiger partial charge on any atom is 0.249 e. The molecule has 0 spiro atoms. The van der Waals surface area contributed by atoms with E-state index >= 15 is 0 Å². The first-order chi connectivity index (χ1) is 18.0. The maximum absolute atomic E-state index is 12.6. The van der Waals surface area contributed by atoms with Crippen LogP contribution in [0.2, 0.25) is 0 Å². The topological polar surface area (TPSA) is 271 Å². The molecule has 3 rings (SSSR count). The molecule has 2 heterocycles. The van der Waals surface area contributed by atoms with Crippen LogP contribution in [0.5, 0.6) is 0 Å². The van der Waals surface area contributed by atoms with Gasteiger partial charge >= 0.3 is 0 Å². The Morgan fingerprint density at radius 1 is 1.00 bits per heavy atom. The normalized spacial score (nSPS) is 44.9. The Balaban J connectivity index is 1.82. The monoisotopic (exact) mass is 551 g/mol. The van der Waals surface area contributed by atoms with E-state index in [-0.39, 0.29) is 25.5 Å². The fourth-order valence-electron chi connectivity index (χ4n) is 5.14. The van der Waals surface area contributed by atoms with Crippen LogP contribution in [0, 0.1) is 0 Å². The summed E-state index contributed by atoms with van der Waals surface area (Å²) in [4.78, 5) is 12.6. The van der Waals surface area contributed by atoms with Crippen molar-refractivity contribution in [2.24, 2.45) is 22.9 Å². The highest BCUT2D eigenvalue weighted by Crippen LogP contribution is 2.31. The molecule has 1 aliphatic carbocycles. The maximum atomic E-state index is 12.6. The van der Waals surface area contributed by atoms with Crippen molar-refractivity contribution in [3.05, 3.63) is 0 Å². The second-order valence-electron chi connectivity index (χ2n) is 10.4. The number of carbonyl (C=O) groups excluding carboxylic acids is 1. The van der Waals surface area contributed by atoms with Gasteiger partial charge in [-0.05, 0) is 25.7 Å². The third-order valence-corrected chi connectivity index (χ3v) is 7.49. The van der Waals surface area contributed by atoms with Crippen molar-refractivity contribution in [1.29, 1.82) is 0 Å². The average molecular weight is 552 g/mol.